The maximum Gasteiger partial charge on any atom is 0.343 e. The molecular weight excluding hydrogens is 382 g/mol. The number of benzene rings is 2. The van der Waals surface area contributed by atoms with Crippen molar-refractivity contribution in [3.63, 3.8) is 0 Å². The Bertz CT molecular complexity index is 877. The molecule has 0 radical (unpaired) electrons. The van der Waals surface area contributed by atoms with Crippen LogP contribution in [0.3, 0.4) is 0 Å². The molecule has 4 rings (SSSR count). The van der Waals surface area contributed by atoms with Gasteiger partial charge in [-0.25, -0.2) is 13.6 Å². The number of hydrogen-bond acceptors (Lipinski definition) is 2. The van der Waals surface area contributed by atoms with Gasteiger partial charge in [-0.05, 0) is 97.7 Å². The van der Waals surface area contributed by atoms with Crippen molar-refractivity contribution in [1.29, 1.82) is 0 Å². The number of ether oxygens (including phenoxy) is 1. The van der Waals surface area contributed by atoms with Crippen LogP contribution in [0.2, 0.25) is 0 Å². The van der Waals surface area contributed by atoms with E-state index in [2.05, 4.69) is 6.92 Å². The molecule has 4 atom stereocenters. The third-order valence-electron chi connectivity index (χ3n) is 7.12. The Hall–Kier alpha value is -2.23. The molecule has 2 fully saturated rings. The molecule has 0 amide bonds. The zero-order valence-corrected chi connectivity index (χ0v) is 17.6. The first-order valence-electron chi connectivity index (χ1n) is 11.3. The van der Waals surface area contributed by atoms with Crippen LogP contribution < -0.4 is 4.74 Å². The highest BCUT2D eigenvalue weighted by Gasteiger charge is 2.36. The number of carbonyl (C=O) groups excluding carboxylic acids is 1. The summed E-state index contributed by atoms with van der Waals surface area (Å²) in [5.41, 5.74) is 0.900. The molecule has 2 aromatic rings. The van der Waals surface area contributed by atoms with Gasteiger partial charge < -0.3 is 4.74 Å². The first kappa shape index (κ1) is 21.0. The molecule has 0 bridgehead atoms. The van der Waals surface area contributed by atoms with Crippen molar-refractivity contribution >= 4 is 5.97 Å². The van der Waals surface area contributed by atoms with E-state index in [9.17, 15) is 13.6 Å². The SMILES string of the molecule is CCCC1CCC2CC(c3ccc(C(=O)Oc4ccc(F)cc4)cc3F)CCC2C1. The fourth-order valence-corrected chi connectivity index (χ4v) is 5.59. The first-order valence-corrected chi connectivity index (χ1v) is 11.3. The molecule has 2 aliphatic carbocycles. The van der Waals surface area contributed by atoms with Crippen molar-refractivity contribution in [3.05, 3.63) is 65.2 Å². The largest absolute Gasteiger partial charge is 0.423 e. The molecule has 0 spiro atoms. The van der Waals surface area contributed by atoms with E-state index in [1.54, 1.807) is 12.1 Å². The highest BCUT2D eigenvalue weighted by molar-refractivity contribution is 5.91. The van der Waals surface area contributed by atoms with E-state index in [1.807, 2.05) is 0 Å². The predicted octanol–water partition coefficient (Wildman–Crippen LogP) is 7.28. The van der Waals surface area contributed by atoms with Gasteiger partial charge in [0.1, 0.15) is 17.4 Å². The lowest BCUT2D eigenvalue weighted by Gasteiger charge is -2.42. The molecule has 0 aromatic heterocycles. The van der Waals surface area contributed by atoms with Gasteiger partial charge in [-0.3, -0.25) is 0 Å². The van der Waals surface area contributed by atoms with Crippen LogP contribution in [0.4, 0.5) is 8.78 Å². The monoisotopic (exact) mass is 412 g/mol. The molecule has 0 N–H and O–H groups in total. The van der Waals surface area contributed by atoms with Gasteiger partial charge >= 0.3 is 5.97 Å². The van der Waals surface area contributed by atoms with Gasteiger partial charge in [0.15, 0.2) is 0 Å². The fourth-order valence-electron chi connectivity index (χ4n) is 5.59. The third-order valence-corrected chi connectivity index (χ3v) is 7.12. The lowest BCUT2D eigenvalue weighted by atomic mass is 9.63. The van der Waals surface area contributed by atoms with Crippen LogP contribution in [0.5, 0.6) is 5.75 Å². The summed E-state index contributed by atoms with van der Waals surface area (Å²) >= 11 is 0. The minimum absolute atomic E-state index is 0.175. The molecule has 2 nitrogen and oxygen atoms in total. The Balaban J connectivity index is 1.40. The van der Waals surface area contributed by atoms with Crippen molar-refractivity contribution in [3.8, 4) is 5.75 Å². The molecular formula is C26H30F2O2. The number of carbonyl (C=O) groups is 1. The van der Waals surface area contributed by atoms with Crippen molar-refractivity contribution in [2.75, 3.05) is 0 Å². The molecule has 2 saturated carbocycles. The van der Waals surface area contributed by atoms with E-state index in [-0.39, 0.29) is 23.0 Å². The van der Waals surface area contributed by atoms with E-state index in [4.69, 9.17) is 4.74 Å². The standard InChI is InChI=1S/C26H30F2O2/c1-2-3-17-4-5-19-15-20(7-6-18(19)14-17)24-13-8-21(16-25(24)28)26(29)30-23-11-9-22(27)10-12-23/h8-13,16-20H,2-7,14-15H2,1H3. The van der Waals surface area contributed by atoms with Gasteiger partial charge in [-0.15, -0.1) is 0 Å². The molecule has 4 heteroatoms. The van der Waals surface area contributed by atoms with Gasteiger partial charge in [-0.1, -0.05) is 32.3 Å². The summed E-state index contributed by atoms with van der Waals surface area (Å²) in [6.45, 7) is 2.27. The van der Waals surface area contributed by atoms with Crippen LogP contribution in [0, 0.1) is 29.4 Å². The Morgan fingerprint density at radius 2 is 1.70 bits per heavy atom. The number of fused-ring (bicyclic) bond motifs is 1. The van der Waals surface area contributed by atoms with Crippen LogP contribution in [-0.2, 0) is 0 Å². The summed E-state index contributed by atoms with van der Waals surface area (Å²) < 4.78 is 33.1. The second-order valence-corrected chi connectivity index (χ2v) is 9.08. The molecule has 4 unspecified atom stereocenters. The minimum Gasteiger partial charge on any atom is -0.423 e. The Labute approximate surface area is 177 Å². The molecule has 160 valence electrons. The molecule has 0 aliphatic heterocycles. The molecule has 30 heavy (non-hydrogen) atoms. The van der Waals surface area contributed by atoms with E-state index < -0.39 is 11.8 Å². The normalized spacial score (nSPS) is 26.1. The second-order valence-electron chi connectivity index (χ2n) is 9.08. The zero-order chi connectivity index (χ0) is 21.1. The van der Waals surface area contributed by atoms with E-state index in [0.29, 0.717) is 5.92 Å². The lowest BCUT2D eigenvalue weighted by Crippen LogP contribution is -2.30. The quantitative estimate of drug-likeness (QED) is 0.381. The zero-order valence-electron chi connectivity index (χ0n) is 17.6. The summed E-state index contributed by atoms with van der Waals surface area (Å²) in [4.78, 5) is 12.3. The Morgan fingerprint density at radius 1 is 0.967 bits per heavy atom. The van der Waals surface area contributed by atoms with Gasteiger partial charge in [0.2, 0.25) is 0 Å². The van der Waals surface area contributed by atoms with Crippen LogP contribution in [-0.4, -0.2) is 5.97 Å². The summed E-state index contributed by atoms with van der Waals surface area (Å²) in [7, 11) is 0. The number of esters is 1. The van der Waals surface area contributed by atoms with Crippen LogP contribution in [0.15, 0.2) is 42.5 Å². The highest BCUT2D eigenvalue weighted by atomic mass is 19.1. The van der Waals surface area contributed by atoms with E-state index in [1.165, 1.54) is 68.9 Å². The average molecular weight is 413 g/mol. The summed E-state index contributed by atoms with van der Waals surface area (Å²) in [6, 6.07) is 9.89. The van der Waals surface area contributed by atoms with Crippen LogP contribution in [0.25, 0.3) is 0 Å². The lowest BCUT2D eigenvalue weighted by molar-refractivity contribution is 0.0734. The van der Waals surface area contributed by atoms with E-state index >= 15 is 0 Å². The van der Waals surface area contributed by atoms with Gasteiger partial charge in [-0.2, -0.15) is 0 Å². The summed E-state index contributed by atoms with van der Waals surface area (Å²) in [5.74, 6) is 1.50. The van der Waals surface area contributed by atoms with Gasteiger partial charge in [0, 0.05) is 0 Å². The smallest absolute Gasteiger partial charge is 0.343 e. The van der Waals surface area contributed by atoms with Crippen LogP contribution in [0.1, 0.15) is 80.1 Å². The maximum absolute atomic E-state index is 14.9. The fraction of sp³-hybridized carbons (Fsp3) is 0.500. The minimum atomic E-state index is -0.634. The molecule has 2 aliphatic rings. The average Bonchev–Trinajstić information content (AvgIpc) is 2.75. The number of rotatable bonds is 5. The number of hydrogen-bond donors (Lipinski definition) is 0. The van der Waals surface area contributed by atoms with Crippen molar-refractivity contribution in [2.45, 2.75) is 64.2 Å². The summed E-state index contributed by atoms with van der Waals surface area (Å²) in [5, 5.41) is 0. The molecule has 0 saturated heterocycles. The van der Waals surface area contributed by atoms with Crippen LogP contribution >= 0.6 is 0 Å². The second kappa shape index (κ2) is 9.28. The van der Waals surface area contributed by atoms with Crippen molar-refractivity contribution in [2.24, 2.45) is 17.8 Å². The summed E-state index contributed by atoms with van der Waals surface area (Å²) in [6.07, 6.45) is 9.82. The highest BCUT2D eigenvalue weighted by Crippen LogP contribution is 2.48. The van der Waals surface area contributed by atoms with Gasteiger partial charge in [0.25, 0.3) is 0 Å². The predicted molar refractivity (Wildman–Crippen MR) is 114 cm³/mol. The maximum atomic E-state index is 14.9. The Morgan fingerprint density at radius 3 is 2.43 bits per heavy atom. The molecule has 0 heterocycles. The first-order chi connectivity index (χ1) is 14.5. The van der Waals surface area contributed by atoms with Crippen molar-refractivity contribution in [1.82, 2.24) is 0 Å². The Kier molecular flexibility index (Phi) is 6.50. The van der Waals surface area contributed by atoms with Crippen molar-refractivity contribution < 1.29 is 18.3 Å². The van der Waals surface area contributed by atoms with Gasteiger partial charge in [0.05, 0.1) is 5.56 Å². The third kappa shape index (κ3) is 4.74. The topological polar surface area (TPSA) is 26.3 Å². The number of halogens is 2. The molecule has 2 aromatic carbocycles. The van der Waals surface area contributed by atoms with E-state index in [0.717, 1.165) is 30.2 Å².